The molecular weight excluding hydrogens is 378 g/mol. The number of aromatic carboxylic acids is 1. The quantitative estimate of drug-likeness (QED) is 0.827. The van der Waals surface area contributed by atoms with Crippen molar-refractivity contribution in [3.8, 4) is 0 Å². The molecule has 0 aromatic heterocycles. The third-order valence-corrected chi connectivity index (χ3v) is 5.22. The number of carboxylic acid groups (broad SMARTS) is 1. The maximum absolute atomic E-state index is 13.3. The summed E-state index contributed by atoms with van der Waals surface area (Å²) in [5, 5.41) is 9.64. The Balaban J connectivity index is 1.83. The molecule has 2 amide bonds. The third-order valence-electron chi connectivity index (χ3n) is 4.98. The largest absolute Gasteiger partial charge is 0.478 e. The maximum Gasteiger partial charge on any atom is 0.335 e. The number of carbonyl (C=O) groups is 2. The van der Waals surface area contributed by atoms with Gasteiger partial charge in [-0.2, -0.15) is 0 Å². The van der Waals surface area contributed by atoms with Crippen LogP contribution in [0.5, 0.6) is 0 Å². The smallest absolute Gasteiger partial charge is 0.335 e. The van der Waals surface area contributed by atoms with E-state index in [0.29, 0.717) is 24.7 Å². The van der Waals surface area contributed by atoms with Gasteiger partial charge >= 0.3 is 12.0 Å². The van der Waals surface area contributed by atoms with Crippen LogP contribution in [0.2, 0.25) is 5.02 Å². The van der Waals surface area contributed by atoms with Crippen LogP contribution in [0, 0.1) is 0 Å². The van der Waals surface area contributed by atoms with Crippen LogP contribution in [0.15, 0.2) is 48.5 Å². The number of hydrogen-bond acceptors (Lipinski definition) is 3. The zero-order valence-electron chi connectivity index (χ0n) is 15.8. The van der Waals surface area contributed by atoms with E-state index in [1.165, 1.54) is 0 Å². The summed E-state index contributed by atoms with van der Waals surface area (Å²) in [6.45, 7) is 6.53. The Hall–Kier alpha value is -2.57. The molecule has 2 aromatic rings. The lowest BCUT2D eigenvalue weighted by atomic mass is 10.1. The van der Waals surface area contributed by atoms with Gasteiger partial charge in [0.2, 0.25) is 0 Å². The Morgan fingerprint density at radius 2 is 1.75 bits per heavy atom. The van der Waals surface area contributed by atoms with Crippen LogP contribution in [0.25, 0.3) is 0 Å². The van der Waals surface area contributed by atoms with Crippen molar-refractivity contribution in [2.24, 2.45) is 0 Å². The highest BCUT2D eigenvalue weighted by atomic mass is 35.5. The number of piperazine rings is 1. The van der Waals surface area contributed by atoms with Crippen molar-refractivity contribution >= 4 is 29.3 Å². The fourth-order valence-corrected chi connectivity index (χ4v) is 3.46. The first kappa shape index (κ1) is 20.2. The highest BCUT2D eigenvalue weighted by molar-refractivity contribution is 6.30. The van der Waals surface area contributed by atoms with Crippen LogP contribution in [0.4, 0.5) is 10.5 Å². The zero-order valence-corrected chi connectivity index (χ0v) is 16.6. The summed E-state index contributed by atoms with van der Waals surface area (Å²) in [6, 6.07) is 13.7. The van der Waals surface area contributed by atoms with E-state index in [0.717, 1.165) is 30.9 Å². The predicted molar refractivity (Wildman–Crippen MR) is 110 cm³/mol. The van der Waals surface area contributed by atoms with Crippen LogP contribution >= 0.6 is 11.6 Å². The van der Waals surface area contributed by atoms with Crippen molar-refractivity contribution in [2.75, 3.05) is 37.6 Å². The van der Waals surface area contributed by atoms with E-state index in [9.17, 15) is 9.59 Å². The van der Waals surface area contributed by atoms with Gasteiger partial charge in [0.1, 0.15) is 0 Å². The second kappa shape index (κ2) is 9.08. The number of likely N-dealkylation sites (N-methyl/N-ethyl adjacent to an activating group) is 1. The summed E-state index contributed by atoms with van der Waals surface area (Å²) in [7, 11) is 0. The van der Waals surface area contributed by atoms with Gasteiger partial charge in [-0.1, -0.05) is 36.7 Å². The number of anilines is 1. The van der Waals surface area contributed by atoms with E-state index in [4.69, 9.17) is 16.7 Å². The topological polar surface area (TPSA) is 64.1 Å². The molecule has 1 aliphatic heterocycles. The number of carbonyl (C=O) groups excluding carboxylic acids is 1. The van der Waals surface area contributed by atoms with Gasteiger partial charge in [0, 0.05) is 36.9 Å². The molecule has 0 saturated carbocycles. The van der Waals surface area contributed by atoms with Crippen molar-refractivity contribution in [3.05, 3.63) is 64.7 Å². The minimum absolute atomic E-state index is 0.0691. The summed E-state index contributed by atoms with van der Waals surface area (Å²) in [6.07, 6.45) is 0. The van der Waals surface area contributed by atoms with Crippen molar-refractivity contribution in [2.45, 2.75) is 13.5 Å². The summed E-state index contributed by atoms with van der Waals surface area (Å²) in [5.74, 6) is -0.969. The predicted octanol–water partition coefficient (Wildman–Crippen LogP) is 3.80. The molecule has 1 saturated heterocycles. The average molecular weight is 402 g/mol. The van der Waals surface area contributed by atoms with E-state index in [2.05, 4.69) is 11.8 Å². The molecule has 7 heteroatoms. The van der Waals surface area contributed by atoms with E-state index in [1.54, 1.807) is 41.3 Å². The van der Waals surface area contributed by atoms with Crippen LogP contribution in [-0.2, 0) is 6.54 Å². The van der Waals surface area contributed by atoms with Crippen LogP contribution in [0.3, 0.4) is 0 Å². The number of nitrogens with zero attached hydrogens (tertiary/aromatic N) is 3. The molecule has 0 aliphatic carbocycles. The fourth-order valence-electron chi connectivity index (χ4n) is 3.27. The molecule has 1 N–H and O–H groups in total. The van der Waals surface area contributed by atoms with E-state index >= 15 is 0 Å². The lowest BCUT2D eigenvalue weighted by Gasteiger charge is -2.37. The van der Waals surface area contributed by atoms with Crippen LogP contribution < -0.4 is 4.90 Å². The van der Waals surface area contributed by atoms with Gasteiger partial charge in [-0.25, -0.2) is 9.59 Å². The minimum Gasteiger partial charge on any atom is -0.478 e. The number of hydrogen-bond donors (Lipinski definition) is 1. The molecule has 0 atom stereocenters. The van der Waals surface area contributed by atoms with Gasteiger partial charge < -0.3 is 14.9 Å². The second-order valence-electron chi connectivity index (χ2n) is 6.77. The van der Waals surface area contributed by atoms with Gasteiger partial charge in [0.25, 0.3) is 0 Å². The van der Waals surface area contributed by atoms with E-state index in [-0.39, 0.29) is 11.6 Å². The Bertz CT molecular complexity index is 833. The SMILES string of the molecule is CCN1CCN(C(=O)N(Cc2ccc(C(=O)O)cc2)c2cccc(Cl)c2)CC1. The van der Waals surface area contributed by atoms with Crippen molar-refractivity contribution < 1.29 is 14.7 Å². The first-order chi connectivity index (χ1) is 13.5. The van der Waals surface area contributed by atoms with Gasteiger partial charge in [0.15, 0.2) is 0 Å². The van der Waals surface area contributed by atoms with Crippen LogP contribution in [0.1, 0.15) is 22.8 Å². The van der Waals surface area contributed by atoms with Gasteiger partial charge in [0.05, 0.1) is 12.1 Å². The second-order valence-corrected chi connectivity index (χ2v) is 7.21. The first-order valence-electron chi connectivity index (χ1n) is 9.34. The molecule has 1 aliphatic rings. The van der Waals surface area contributed by atoms with E-state index < -0.39 is 5.97 Å². The maximum atomic E-state index is 13.3. The first-order valence-corrected chi connectivity index (χ1v) is 9.72. The molecule has 3 rings (SSSR count). The summed E-state index contributed by atoms with van der Waals surface area (Å²) >= 11 is 6.15. The standard InChI is InChI=1S/C21H24ClN3O3/c1-2-23-10-12-24(13-11-23)21(28)25(19-5-3-4-18(22)14-19)15-16-6-8-17(9-7-16)20(26)27/h3-9,14H,2,10-13,15H2,1H3,(H,26,27). The summed E-state index contributed by atoms with van der Waals surface area (Å²) in [5.41, 5.74) is 1.79. The number of halogens is 1. The van der Waals surface area contributed by atoms with E-state index in [1.807, 2.05) is 17.0 Å². The molecule has 0 unspecified atom stereocenters. The van der Waals surface area contributed by atoms with Gasteiger partial charge in [-0.3, -0.25) is 4.90 Å². The average Bonchev–Trinajstić information content (AvgIpc) is 2.72. The third kappa shape index (κ3) is 4.82. The molecule has 0 spiro atoms. The number of amides is 2. The highest BCUT2D eigenvalue weighted by Gasteiger charge is 2.26. The van der Waals surface area contributed by atoms with Gasteiger partial charge in [-0.05, 0) is 42.4 Å². The molecule has 2 aromatic carbocycles. The molecule has 6 nitrogen and oxygen atoms in total. The van der Waals surface area contributed by atoms with Crippen LogP contribution in [-0.4, -0.2) is 59.6 Å². The molecular formula is C21H24ClN3O3. The highest BCUT2D eigenvalue weighted by Crippen LogP contribution is 2.23. The Morgan fingerprint density at radius 1 is 1.07 bits per heavy atom. The zero-order chi connectivity index (χ0) is 20.1. The molecule has 148 valence electrons. The number of rotatable bonds is 5. The minimum atomic E-state index is -0.969. The summed E-state index contributed by atoms with van der Waals surface area (Å²) < 4.78 is 0. The molecule has 1 fully saturated rings. The molecule has 28 heavy (non-hydrogen) atoms. The number of urea groups is 1. The van der Waals surface area contributed by atoms with Gasteiger partial charge in [-0.15, -0.1) is 0 Å². The monoisotopic (exact) mass is 401 g/mol. The Labute approximate surface area is 169 Å². The molecule has 1 heterocycles. The summed E-state index contributed by atoms with van der Waals surface area (Å²) in [4.78, 5) is 30.2. The Morgan fingerprint density at radius 3 is 2.32 bits per heavy atom. The molecule has 0 radical (unpaired) electrons. The van der Waals surface area contributed by atoms with Crippen molar-refractivity contribution in [1.82, 2.24) is 9.80 Å². The normalized spacial score (nSPS) is 14.7. The molecule has 0 bridgehead atoms. The fraction of sp³-hybridized carbons (Fsp3) is 0.333. The van der Waals surface area contributed by atoms with Crippen molar-refractivity contribution in [1.29, 1.82) is 0 Å². The lowest BCUT2D eigenvalue weighted by molar-refractivity contribution is 0.0697. The Kier molecular flexibility index (Phi) is 6.54. The lowest BCUT2D eigenvalue weighted by Crippen LogP contribution is -2.52. The number of carboxylic acids is 1. The van der Waals surface area contributed by atoms with Crippen molar-refractivity contribution in [3.63, 3.8) is 0 Å². The number of benzene rings is 2.